The molecule has 7 nitrogen and oxygen atoms in total. The van der Waals surface area contributed by atoms with Gasteiger partial charge in [0.15, 0.2) is 0 Å². The summed E-state index contributed by atoms with van der Waals surface area (Å²) in [6, 6.07) is 25.0. The maximum atomic E-state index is 13.4. The van der Waals surface area contributed by atoms with Gasteiger partial charge in [-0.05, 0) is 22.8 Å². The third kappa shape index (κ3) is 7.21. The second-order valence-electron chi connectivity index (χ2n) is 8.77. The quantitative estimate of drug-likeness (QED) is 0.229. The number of aromatic amines is 1. The Labute approximate surface area is 220 Å². The molecule has 37 heavy (non-hydrogen) atoms. The second-order valence-corrected chi connectivity index (χ2v) is 9.04. The highest BCUT2D eigenvalue weighted by Crippen LogP contribution is 2.19. The number of carbonyl (C=O) groups is 3. The van der Waals surface area contributed by atoms with Gasteiger partial charge < -0.3 is 20.9 Å². The molecule has 0 saturated carbocycles. The molecular formula is C29H29ClN4O3. The summed E-state index contributed by atoms with van der Waals surface area (Å²) in [7, 11) is 0. The van der Waals surface area contributed by atoms with Crippen molar-refractivity contribution in [3.63, 3.8) is 0 Å². The molecule has 0 bridgehead atoms. The van der Waals surface area contributed by atoms with E-state index in [0.29, 0.717) is 6.54 Å². The third-order valence-corrected chi connectivity index (χ3v) is 6.34. The zero-order valence-corrected chi connectivity index (χ0v) is 21.0. The summed E-state index contributed by atoms with van der Waals surface area (Å²) >= 11 is 5.70. The molecule has 3 amide bonds. The highest BCUT2D eigenvalue weighted by atomic mass is 35.5. The van der Waals surface area contributed by atoms with Crippen LogP contribution in [-0.2, 0) is 33.8 Å². The molecule has 0 aliphatic carbocycles. The lowest BCUT2D eigenvalue weighted by Gasteiger charge is -2.23. The molecule has 0 aliphatic heterocycles. The van der Waals surface area contributed by atoms with Crippen LogP contribution in [0.4, 0.5) is 0 Å². The molecule has 0 radical (unpaired) electrons. The monoisotopic (exact) mass is 516 g/mol. The molecule has 3 aromatic carbocycles. The van der Waals surface area contributed by atoms with Crippen LogP contribution in [0.15, 0.2) is 91.1 Å². The summed E-state index contributed by atoms with van der Waals surface area (Å²) in [6.07, 6.45) is 2.39. The molecule has 0 spiro atoms. The molecule has 4 aromatic rings. The number of benzene rings is 3. The van der Waals surface area contributed by atoms with Crippen molar-refractivity contribution in [1.82, 2.24) is 20.9 Å². The van der Waals surface area contributed by atoms with Crippen LogP contribution in [0, 0.1) is 0 Å². The van der Waals surface area contributed by atoms with E-state index in [1.165, 1.54) is 0 Å². The van der Waals surface area contributed by atoms with Crippen LogP contribution in [0.25, 0.3) is 10.9 Å². The molecule has 8 heteroatoms. The van der Waals surface area contributed by atoms with Gasteiger partial charge in [-0.15, -0.1) is 11.6 Å². The van der Waals surface area contributed by atoms with Crippen LogP contribution in [-0.4, -0.2) is 40.7 Å². The first kappa shape index (κ1) is 26.0. The zero-order chi connectivity index (χ0) is 26.0. The Bertz CT molecular complexity index is 1340. The van der Waals surface area contributed by atoms with Crippen molar-refractivity contribution < 1.29 is 14.4 Å². The smallest absolute Gasteiger partial charge is 0.243 e. The van der Waals surface area contributed by atoms with E-state index >= 15 is 0 Å². The van der Waals surface area contributed by atoms with Crippen molar-refractivity contribution in [2.24, 2.45) is 0 Å². The first-order valence-corrected chi connectivity index (χ1v) is 12.6. The van der Waals surface area contributed by atoms with E-state index in [9.17, 15) is 14.4 Å². The Morgan fingerprint density at radius 2 is 1.35 bits per heavy atom. The Morgan fingerprint density at radius 1 is 0.730 bits per heavy atom. The summed E-state index contributed by atoms with van der Waals surface area (Å²) in [5.74, 6) is -1.50. The van der Waals surface area contributed by atoms with Gasteiger partial charge in [-0.1, -0.05) is 78.9 Å². The number of hydrogen-bond donors (Lipinski definition) is 4. The number of nitrogens with one attached hydrogen (secondary N) is 4. The zero-order valence-electron chi connectivity index (χ0n) is 20.2. The van der Waals surface area contributed by atoms with Crippen molar-refractivity contribution >= 4 is 40.2 Å². The molecule has 0 saturated heterocycles. The van der Waals surface area contributed by atoms with E-state index in [1.807, 2.05) is 91.1 Å². The summed E-state index contributed by atoms with van der Waals surface area (Å²) in [5, 5.41) is 9.48. The van der Waals surface area contributed by atoms with Crippen molar-refractivity contribution in [3.05, 3.63) is 108 Å². The minimum atomic E-state index is -0.888. The van der Waals surface area contributed by atoms with Gasteiger partial charge >= 0.3 is 0 Å². The fourth-order valence-corrected chi connectivity index (χ4v) is 4.28. The number of amides is 3. The Kier molecular flexibility index (Phi) is 8.94. The van der Waals surface area contributed by atoms with Crippen molar-refractivity contribution in [3.8, 4) is 0 Å². The number of hydrogen-bond acceptors (Lipinski definition) is 3. The van der Waals surface area contributed by atoms with Crippen LogP contribution in [0.3, 0.4) is 0 Å². The lowest BCUT2D eigenvalue weighted by atomic mass is 10.0. The molecule has 0 fully saturated rings. The largest absolute Gasteiger partial charge is 0.361 e. The number of H-pyrrole nitrogens is 1. The Hall–Kier alpha value is -4.10. The number of halogens is 1. The second kappa shape index (κ2) is 12.7. The lowest BCUT2D eigenvalue weighted by molar-refractivity contribution is -0.131. The minimum Gasteiger partial charge on any atom is -0.361 e. The fraction of sp³-hybridized carbons (Fsp3) is 0.207. The van der Waals surface area contributed by atoms with E-state index in [0.717, 1.165) is 27.6 Å². The number of fused-ring (bicyclic) bond motifs is 1. The molecule has 0 unspecified atom stereocenters. The van der Waals surface area contributed by atoms with Crippen LogP contribution >= 0.6 is 11.6 Å². The summed E-state index contributed by atoms with van der Waals surface area (Å²) in [4.78, 5) is 42.1. The van der Waals surface area contributed by atoms with Gasteiger partial charge in [0, 0.05) is 36.5 Å². The highest BCUT2D eigenvalue weighted by Gasteiger charge is 2.28. The summed E-state index contributed by atoms with van der Waals surface area (Å²) in [5.41, 5.74) is 3.67. The number of alkyl halides is 1. The van der Waals surface area contributed by atoms with Gasteiger partial charge in [0.2, 0.25) is 17.7 Å². The predicted octanol–water partition coefficient (Wildman–Crippen LogP) is 3.48. The minimum absolute atomic E-state index is 0.265. The molecule has 4 N–H and O–H groups in total. The molecule has 1 aromatic heterocycles. The van der Waals surface area contributed by atoms with Crippen molar-refractivity contribution in [2.45, 2.75) is 31.5 Å². The van der Waals surface area contributed by atoms with Crippen LogP contribution in [0.5, 0.6) is 0 Å². The van der Waals surface area contributed by atoms with Crippen molar-refractivity contribution in [2.75, 3.05) is 5.88 Å². The first-order valence-electron chi connectivity index (χ1n) is 12.1. The SMILES string of the molecule is O=C(CCl)N[C@@H](Cc1ccccc1)C(=O)N[C@@H](Cc1c[nH]c2ccccc12)C(=O)NCc1ccccc1. The van der Waals surface area contributed by atoms with E-state index in [-0.39, 0.29) is 24.6 Å². The van der Waals surface area contributed by atoms with Gasteiger partial charge in [0.1, 0.15) is 18.0 Å². The topological polar surface area (TPSA) is 103 Å². The molecule has 4 rings (SSSR count). The van der Waals surface area contributed by atoms with Crippen LogP contribution in [0.1, 0.15) is 16.7 Å². The summed E-state index contributed by atoms with van der Waals surface area (Å²) in [6.45, 7) is 0.330. The number of aromatic nitrogens is 1. The van der Waals surface area contributed by atoms with Gasteiger partial charge in [0.05, 0.1) is 0 Å². The maximum Gasteiger partial charge on any atom is 0.243 e. The molecule has 2 atom stereocenters. The molecular weight excluding hydrogens is 488 g/mol. The number of para-hydroxylation sites is 1. The van der Waals surface area contributed by atoms with E-state index < -0.39 is 23.9 Å². The van der Waals surface area contributed by atoms with Crippen LogP contribution in [0.2, 0.25) is 0 Å². The summed E-state index contributed by atoms with van der Waals surface area (Å²) < 4.78 is 0. The first-order chi connectivity index (χ1) is 18.0. The van der Waals surface area contributed by atoms with Gasteiger partial charge in [0.25, 0.3) is 0 Å². The lowest BCUT2D eigenvalue weighted by Crippen LogP contribution is -2.55. The molecule has 190 valence electrons. The number of carbonyl (C=O) groups excluding carboxylic acids is 3. The van der Waals surface area contributed by atoms with Gasteiger partial charge in [-0.2, -0.15) is 0 Å². The van der Waals surface area contributed by atoms with E-state index in [2.05, 4.69) is 20.9 Å². The Balaban J connectivity index is 1.55. The van der Waals surface area contributed by atoms with E-state index in [1.54, 1.807) is 0 Å². The molecule has 1 heterocycles. The van der Waals surface area contributed by atoms with Gasteiger partial charge in [-0.25, -0.2) is 0 Å². The fourth-order valence-electron chi connectivity index (χ4n) is 4.20. The third-order valence-electron chi connectivity index (χ3n) is 6.10. The van der Waals surface area contributed by atoms with Gasteiger partial charge in [-0.3, -0.25) is 14.4 Å². The standard InChI is InChI=1S/C29H29ClN4O3/c30-17-27(35)33-25(15-20-9-3-1-4-10-20)29(37)34-26(28(36)32-18-21-11-5-2-6-12-21)16-22-19-31-24-14-8-7-13-23(22)24/h1-14,19,25-26,31H,15-18H2,(H,32,36)(H,33,35)(H,34,37)/t25-,26-/m0/s1. The number of rotatable bonds is 11. The highest BCUT2D eigenvalue weighted by molar-refractivity contribution is 6.27. The maximum absolute atomic E-state index is 13.4. The molecule has 0 aliphatic rings. The van der Waals surface area contributed by atoms with Crippen molar-refractivity contribution in [1.29, 1.82) is 0 Å². The Morgan fingerprint density at radius 3 is 2.05 bits per heavy atom. The van der Waals surface area contributed by atoms with Crippen LogP contribution < -0.4 is 16.0 Å². The average Bonchev–Trinajstić information content (AvgIpc) is 3.34. The van der Waals surface area contributed by atoms with E-state index in [4.69, 9.17) is 11.6 Å². The average molecular weight is 517 g/mol. The normalized spacial score (nSPS) is 12.5. The predicted molar refractivity (Wildman–Crippen MR) is 145 cm³/mol.